The maximum Gasteiger partial charge on any atom is 0.269 e. The molecule has 1 heterocycles. The number of hydrogen-bond donors (Lipinski definition) is 1. The standard InChI is InChI=1S/C29H30ClN3O5S/c1-2-17-31-28(35)25(19-21-8-4-3-5-9-21)32(20-22-12-14-23(30)15-13-22)27(34)16-18-33-29(36)24-10-6-7-11-26(24)39(33,37)38/h3-15,25H,2,16-20H2,1H3,(H,31,35). The Morgan fingerprint density at radius 1 is 0.949 bits per heavy atom. The number of benzene rings is 3. The van der Waals surface area contributed by atoms with Gasteiger partial charge in [-0.05, 0) is 41.8 Å². The van der Waals surface area contributed by atoms with Gasteiger partial charge in [-0.15, -0.1) is 0 Å². The second kappa shape index (κ2) is 12.4. The van der Waals surface area contributed by atoms with Crippen LogP contribution in [0.1, 0.15) is 41.3 Å². The second-order valence-electron chi connectivity index (χ2n) is 9.27. The van der Waals surface area contributed by atoms with Crippen LogP contribution in [-0.2, 0) is 32.6 Å². The van der Waals surface area contributed by atoms with Crippen LogP contribution in [0.2, 0.25) is 5.02 Å². The van der Waals surface area contributed by atoms with Crippen molar-refractivity contribution < 1.29 is 22.8 Å². The van der Waals surface area contributed by atoms with Crippen LogP contribution in [0, 0.1) is 0 Å². The fourth-order valence-corrected chi connectivity index (χ4v) is 6.20. The fraction of sp³-hybridized carbons (Fsp3) is 0.276. The highest BCUT2D eigenvalue weighted by atomic mass is 35.5. The summed E-state index contributed by atoms with van der Waals surface area (Å²) < 4.78 is 26.7. The molecule has 3 aromatic carbocycles. The van der Waals surface area contributed by atoms with Crippen molar-refractivity contribution in [3.63, 3.8) is 0 Å². The number of hydrogen-bond acceptors (Lipinski definition) is 5. The van der Waals surface area contributed by atoms with E-state index in [4.69, 9.17) is 11.6 Å². The Morgan fingerprint density at radius 2 is 1.62 bits per heavy atom. The lowest BCUT2D eigenvalue weighted by Crippen LogP contribution is -2.51. The minimum absolute atomic E-state index is 0.0682. The molecule has 0 bridgehead atoms. The van der Waals surface area contributed by atoms with Crippen LogP contribution < -0.4 is 5.32 Å². The van der Waals surface area contributed by atoms with E-state index >= 15 is 0 Å². The molecule has 1 atom stereocenters. The zero-order chi connectivity index (χ0) is 28.0. The summed E-state index contributed by atoms with van der Waals surface area (Å²) >= 11 is 6.05. The van der Waals surface area contributed by atoms with Crippen molar-refractivity contribution in [3.05, 3.63) is 101 Å². The summed E-state index contributed by atoms with van der Waals surface area (Å²) in [6, 6.07) is 21.5. The van der Waals surface area contributed by atoms with E-state index < -0.39 is 27.9 Å². The first-order valence-electron chi connectivity index (χ1n) is 12.7. The number of nitrogens with one attached hydrogen (secondary N) is 1. The summed E-state index contributed by atoms with van der Waals surface area (Å²) in [5.74, 6) is -1.42. The molecule has 39 heavy (non-hydrogen) atoms. The Hall–Kier alpha value is -3.69. The van der Waals surface area contributed by atoms with E-state index in [0.29, 0.717) is 11.6 Å². The van der Waals surface area contributed by atoms with Crippen LogP contribution in [0.3, 0.4) is 0 Å². The molecule has 0 aromatic heterocycles. The highest BCUT2D eigenvalue weighted by Crippen LogP contribution is 2.30. The third-order valence-electron chi connectivity index (χ3n) is 6.53. The SMILES string of the molecule is CCCNC(=O)C(Cc1ccccc1)N(Cc1ccc(Cl)cc1)C(=O)CCN1C(=O)c2ccccc2S1(=O)=O. The minimum atomic E-state index is -4.06. The van der Waals surface area contributed by atoms with Crippen LogP contribution in [-0.4, -0.2) is 54.5 Å². The molecular weight excluding hydrogens is 538 g/mol. The lowest BCUT2D eigenvalue weighted by atomic mass is 10.0. The molecule has 204 valence electrons. The van der Waals surface area contributed by atoms with Gasteiger partial charge in [0.05, 0.1) is 5.56 Å². The van der Waals surface area contributed by atoms with Crippen molar-refractivity contribution in [2.75, 3.05) is 13.1 Å². The second-order valence-corrected chi connectivity index (χ2v) is 11.5. The number of carbonyl (C=O) groups is 3. The number of carbonyl (C=O) groups excluding carboxylic acids is 3. The molecule has 0 saturated carbocycles. The monoisotopic (exact) mass is 567 g/mol. The van der Waals surface area contributed by atoms with E-state index in [9.17, 15) is 22.8 Å². The van der Waals surface area contributed by atoms with Gasteiger partial charge in [0.1, 0.15) is 10.9 Å². The average molecular weight is 568 g/mol. The molecule has 3 amide bonds. The molecule has 1 N–H and O–H groups in total. The molecule has 0 spiro atoms. The number of halogens is 1. The molecule has 1 aliphatic rings. The molecule has 10 heteroatoms. The summed E-state index contributed by atoms with van der Waals surface area (Å²) in [6.07, 6.45) is 0.714. The van der Waals surface area contributed by atoms with Crippen LogP contribution in [0.15, 0.2) is 83.8 Å². The molecule has 1 unspecified atom stereocenters. The molecule has 3 aromatic rings. The number of nitrogens with zero attached hydrogens (tertiary/aromatic N) is 2. The first kappa shape index (κ1) is 28.3. The van der Waals surface area contributed by atoms with E-state index in [1.165, 1.54) is 17.0 Å². The van der Waals surface area contributed by atoms with E-state index in [1.54, 1.807) is 36.4 Å². The van der Waals surface area contributed by atoms with Crippen molar-refractivity contribution in [2.45, 2.75) is 43.7 Å². The van der Waals surface area contributed by atoms with Gasteiger partial charge >= 0.3 is 0 Å². The van der Waals surface area contributed by atoms with Crippen molar-refractivity contribution in [1.29, 1.82) is 0 Å². The normalized spacial score (nSPS) is 14.5. The van der Waals surface area contributed by atoms with E-state index in [0.717, 1.165) is 21.9 Å². The third-order valence-corrected chi connectivity index (χ3v) is 8.62. The molecule has 0 fully saturated rings. The van der Waals surface area contributed by atoms with Crippen LogP contribution in [0.25, 0.3) is 0 Å². The van der Waals surface area contributed by atoms with Gasteiger partial charge in [-0.3, -0.25) is 14.4 Å². The minimum Gasteiger partial charge on any atom is -0.354 e. The number of sulfonamides is 1. The molecular formula is C29H30ClN3O5S. The number of fused-ring (bicyclic) bond motifs is 1. The zero-order valence-corrected chi connectivity index (χ0v) is 23.1. The van der Waals surface area contributed by atoms with Crippen molar-refractivity contribution in [3.8, 4) is 0 Å². The smallest absolute Gasteiger partial charge is 0.269 e. The van der Waals surface area contributed by atoms with Gasteiger partial charge in [-0.1, -0.05) is 73.1 Å². The fourth-order valence-electron chi connectivity index (χ4n) is 4.50. The Bertz CT molecular complexity index is 1450. The van der Waals surface area contributed by atoms with Crippen LogP contribution in [0.5, 0.6) is 0 Å². The first-order chi connectivity index (χ1) is 18.7. The van der Waals surface area contributed by atoms with Crippen LogP contribution in [0.4, 0.5) is 0 Å². The molecule has 8 nitrogen and oxygen atoms in total. The van der Waals surface area contributed by atoms with Gasteiger partial charge in [-0.2, -0.15) is 0 Å². The van der Waals surface area contributed by atoms with Gasteiger partial charge < -0.3 is 10.2 Å². The number of amides is 3. The molecule has 4 rings (SSSR count). The highest BCUT2D eigenvalue weighted by Gasteiger charge is 2.41. The predicted octanol–water partition coefficient (Wildman–Crippen LogP) is 4.04. The van der Waals surface area contributed by atoms with Gasteiger partial charge in [0.2, 0.25) is 11.8 Å². The lowest BCUT2D eigenvalue weighted by Gasteiger charge is -2.32. The summed E-state index contributed by atoms with van der Waals surface area (Å²) in [5.41, 5.74) is 1.71. The quantitative estimate of drug-likeness (QED) is 0.377. The molecule has 0 aliphatic carbocycles. The van der Waals surface area contributed by atoms with Crippen molar-refractivity contribution in [1.82, 2.24) is 14.5 Å². The van der Waals surface area contributed by atoms with Gasteiger partial charge in [0, 0.05) is 37.5 Å². The van der Waals surface area contributed by atoms with E-state index in [-0.39, 0.29) is 42.3 Å². The Balaban J connectivity index is 1.62. The molecule has 0 saturated heterocycles. The summed E-state index contributed by atoms with van der Waals surface area (Å²) in [4.78, 5) is 41.4. The summed E-state index contributed by atoms with van der Waals surface area (Å²) in [5, 5.41) is 3.44. The largest absolute Gasteiger partial charge is 0.354 e. The molecule has 0 radical (unpaired) electrons. The van der Waals surface area contributed by atoms with Crippen molar-refractivity contribution >= 4 is 39.3 Å². The number of rotatable bonds is 11. The van der Waals surface area contributed by atoms with Crippen LogP contribution >= 0.6 is 11.6 Å². The Kier molecular flexibility index (Phi) is 9.04. The summed E-state index contributed by atoms with van der Waals surface area (Å²) in [6.45, 7) is 2.16. The van der Waals surface area contributed by atoms with Gasteiger partial charge in [0.25, 0.3) is 15.9 Å². The summed E-state index contributed by atoms with van der Waals surface area (Å²) in [7, 11) is -4.06. The lowest BCUT2D eigenvalue weighted by molar-refractivity contribution is -0.141. The third kappa shape index (κ3) is 6.49. The highest BCUT2D eigenvalue weighted by molar-refractivity contribution is 7.90. The average Bonchev–Trinajstić information content (AvgIpc) is 3.14. The maximum absolute atomic E-state index is 13.8. The molecule has 1 aliphatic heterocycles. The Morgan fingerprint density at radius 3 is 2.28 bits per heavy atom. The van der Waals surface area contributed by atoms with Crippen molar-refractivity contribution in [2.24, 2.45) is 0 Å². The maximum atomic E-state index is 13.8. The van der Waals surface area contributed by atoms with E-state index in [1.807, 2.05) is 37.3 Å². The first-order valence-corrected chi connectivity index (χ1v) is 14.6. The van der Waals surface area contributed by atoms with Gasteiger partial charge in [0.15, 0.2) is 0 Å². The Labute approximate surface area is 233 Å². The topological polar surface area (TPSA) is 104 Å². The van der Waals surface area contributed by atoms with Gasteiger partial charge in [-0.25, -0.2) is 12.7 Å². The van der Waals surface area contributed by atoms with E-state index in [2.05, 4.69) is 5.32 Å². The zero-order valence-electron chi connectivity index (χ0n) is 21.5. The predicted molar refractivity (Wildman–Crippen MR) is 149 cm³/mol.